The second-order valence-electron chi connectivity index (χ2n) is 6.68. The minimum absolute atomic E-state index is 0.0434. The zero-order chi connectivity index (χ0) is 16.4. The maximum absolute atomic E-state index is 11.9. The summed E-state index contributed by atoms with van der Waals surface area (Å²) in [6.45, 7) is 6.66. The van der Waals surface area contributed by atoms with Gasteiger partial charge in [0, 0.05) is 18.0 Å². The summed E-state index contributed by atoms with van der Waals surface area (Å²) in [7, 11) is -2.97. The van der Waals surface area contributed by atoms with Gasteiger partial charge in [-0.15, -0.1) is 0 Å². The second kappa shape index (κ2) is 6.28. The van der Waals surface area contributed by atoms with Crippen LogP contribution in [-0.4, -0.2) is 38.5 Å². The van der Waals surface area contributed by atoms with Crippen molar-refractivity contribution in [2.24, 2.45) is 0 Å². The number of hydrogen-bond acceptors (Lipinski definition) is 3. The first-order valence-electron chi connectivity index (χ1n) is 7.50. The molecule has 0 aliphatic carbocycles. The van der Waals surface area contributed by atoms with E-state index in [0.29, 0.717) is 13.0 Å². The van der Waals surface area contributed by atoms with Crippen molar-refractivity contribution in [3.05, 3.63) is 35.4 Å². The number of carbonyl (C=O) groups excluding carboxylic acids is 1. The normalized spacial score (nSPS) is 20.6. The molecular formula is C16H24N2O3S. The molecule has 1 heterocycles. The summed E-state index contributed by atoms with van der Waals surface area (Å²) >= 11 is 0. The van der Waals surface area contributed by atoms with Crippen molar-refractivity contribution in [3.63, 3.8) is 0 Å². The van der Waals surface area contributed by atoms with E-state index in [2.05, 4.69) is 48.7 Å². The fourth-order valence-electron chi connectivity index (χ4n) is 2.55. The molecule has 1 aromatic rings. The second-order valence-corrected chi connectivity index (χ2v) is 8.91. The van der Waals surface area contributed by atoms with E-state index < -0.39 is 9.84 Å². The molecule has 0 bridgehead atoms. The smallest absolute Gasteiger partial charge is 0.315 e. The van der Waals surface area contributed by atoms with Gasteiger partial charge in [0.25, 0.3) is 0 Å². The molecule has 0 radical (unpaired) electrons. The van der Waals surface area contributed by atoms with Crippen molar-refractivity contribution in [3.8, 4) is 0 Å². The van der Waals surface area contributed by atoms with Crippen LogP contribution in [0.1, 0.15) is 31.4 Å². The van der Waals surface area contributed by atoms with Crippen LogP contribution in [0.2, 0.25) is 0 Å². The molecule has 0 saturated carbocycles. The predicted octanol–water partition coefficient (Wildman–Crippen LogP) is 1.76. The van der Waals surface area contributed by atoms with Crippen molar-refractivity contribution in [1.29, 1.82) is 0 Å². The Kier molecular flexibility index (Phi) is 4.80. The molecule has 122 valence electrons. The molecule has 1 fully saturated rings. The Morgan fingerprint density at radius 2 is 1.91 bits per heavy atom. The molecule has 1 atom stereocenters. The van der Waals surface area contributed by atoms with Crippen molar-refractivity contribution in [1.82, 2.24) is 10.6 Å². The van der Waals surface area contributed by atoms with Gasteiger partial charge in [-0.2, -0.15) is 0 Å². The SMILES string of the molecule is Cc1ccc(C(C)(C)CNC(=O)NC2CCS(=O)(=O)C2)cc1. The van der Waals surface area contributed by atoms with Gasteiger partial charge in [-0.3, -0.25) is 0 Å². The summed E-state index contributed by atoms with van der Waals surface area (Å²) in [5.74, 6) is 0.203. The summed E-state index contributed by atoms with van der Waals surface area (Å²) in [6.07, 6.45) is 0.497. The van der Waals surface area contributed by atoms with Crippen LogP contribution in [0.15, 0.2) is 24.3 Å². The van der Waals surface area contributed by atoms with E-state index >= 15 is 0 Å². The van der Waals surface area contributed by atoms with Gasteiger partial charge in [0.05, 0.1) is 11.5 Å². The fourth-order valence-corrected chi connectivity index (χ4v) is 4.23. The average Bonchev–Trinajstić information content (AvgIpc) is 2.76. The van der Waals surface area contributed by atoms with Gasteiger partial charge in [-0.1, -0.05) is 43.7 Å². The lowest BCUT2D eigenvalue weighted by atomic mass is 9.84. The Hall–Kier alpha value is -1.56. The number of hydrogen-bond donors (Lipinski definition) is 2. The number of nitrogens with one attached hydrogen (secondary N) is 2. The van der Waals surface area contributed by atoms with Gasteiger partial charge in [-0.05, 0) is 18.9 Å². The van der Waals surface area contributed by atoms with Crippen LogP contribution in [0.3, 0.4) is 0 Å². The Morgan fingerprint density at radius 1 is 1.27 bits per heavy atom. The molecule has 1 aliphatic heterocycles. The number of benzene rings is 1. The Labute approximate surface area is 132 Å². The molecule has 0 aromatic heterocycles. The molecule has 2 rings (SSSR count). The van der Waals surface area contributed by atoms with E-state index in [1.807, 2.05) is 6.92 Å². The monoisotopic (exact) mass is 324 g/mol. The predicted molar refractivity (Wildman–Crippen MR) is 87.8 cm³/mol. The molecule has 2 amide bonds. The number of carbonyl (C=O) groups is 1. The van der Waals surface area contributed by atoms with Crippen LogP contribution in [0.4, 0.5) is 4.79 Å². The molecule has 1 unspecified atom stereocenters. The molecule has 1 aliphatic rings. The Balaban J connectivity index is 1.86. The third kappa shape index (κ3) is 4.47. The maximum Gasteiger partial charge on any atom is 0.315 e. The summed E-state index contributed by atoms with van der Waals surface area (Å²) in [5.41, 5.74) is 2.17. The number of sulfone groups is 1. The molecule has 2 N–H and O–H groups in total. The molecule has 6 heteroatoms. The van der Waals surface area contributed by atoms with Gasteiger partial charge in [0.2, 0.25) is 0 Å². The maximum atomic E-state index is 11.9. The van der Waals surface area contributed by atoms with Crippen LogP contribution >= 0.6 is 0 Å². The first-order valence-corrected chi connectivity index (χ1v) is 9.32. The molecule has 22 heavy (non-hydrogen) atoms. The van der Waals surface area contributed by atoms with Crippen LogP contribution in [-0.2, 0) is 15.3 Å². The minimum atomic E-state index is -2.97. The topological polar surface area (TPSA) is 75.3 Å². The van der Waals surface area contributed by atoms with Crippen molar-refractivity contribution >= 4 is 15.9 Å². The standard InChI is InChI=1S/C16H24N2O3S/c1-12-4-6-13(7-5-12)16(2,3)11-17-15(19)18-14-8-9-22(20,21)10-14/h4-7,14H,8-11H2,1-3H3,(H2,17,18,19). The highest BCUT2D eigenvalue weighted by Crippen LogP contribution is 2.22. The van der Waals surface area contributed by atoms with E-state index in [1.54, 1.807) is 0 Å². The van der Waals surface area contributed by atoms with Crippen molar-refractivity contribution in [2.75, 3.05) is 18.1 Å². The molecule has 0 spiro atoms. The van der Waals surface area contributed by atoms with Gasteiger partial charge >= 0.3 is 6.03 Å². The van der Waals surface area contributed by atoms with Crippen LogP contribution in [0.25, 0.3) is 0 Å². The summed E-state index contributed by atoms with van der Waals surface area (Å²) in [6, 6.07) is 7.67. The largest absolute Gasteiger partial charge is 0.337 e. The van der Waals surface area contributed by atoms with E-state index in [9.17, 15) is 13.2 Å². The van der Waals surface area contributed by atoms with E-state index in [-0.39, 0.29) is 29.0 Å². The highest BCUT2D eigenvalue weighted by atomic mass is 32.2. The third-order valence-corrected chi connectivity index (χ3v) is 5.86. The molecule has 1 saturated heterocycles. The lowest BCUT2D eigenvalue weighted by molar-refractivity contribution is 0.235. The Morgan fingerprint density at radius 3 is 2.45 bits per heavy atom. The van der Waals surface area contributed by atoms with E-state index in [4.69, 9.17) is 0 Å². The van der Waals surface area contributed by atoms with Gasteiger partial charge < -0.3 is 10.6 Å². The summed E-state index contributed by atoms with van der Waals surface area (Å²) in [5, 5.41) is 5.58. The highest BCUT2D eigenvalue weighted by molar-refractivity contribution is 7.91. The quantitative estimate of drug-likeness (QED) is 0.886. The van der Waals surface area contributed by atoms with Crippen LogP contribution < -0.4 is 10.6 Å². The highest BCUT2D eigenvalue weighted by Gasteiger charge is 2.29. The average molecular weight is 324 g/mol. The van der Waals surface area contributed by atoms with Crippen molar-refractivity contribution < 1.29 is 13.2 Å². The van der Waals surface area contributed by atoms with Crippen LogP contribution in [0, 0.1) is 6.92 Å². The van der Waals surface area contributed by atoms with E-state index in [1.165, 1.54) is 5.56 Å². The summed E-state index contributed by atoms with van der Waals surface area (Å²) < 4.78 is 22.8. The van der Waals surface area contributed by atoms with Gasteiger partial charge in [0.15, 0.2) is 9.84 Å². The molecular weight excluding hydrogens is 300 g/mol. The van der Waals surface area contributed by atoms with Crippen molar-refractivity contribution in [2.45, 2.75) is 38.6 Å². The lowest BCUT2D eigenvalue weighted by Gasteiger charge is -2.26. The molecule has 5 nitrogen and oxygen atoms in total. The first kappa shape index (κ1) is 16.8. The number of amides is 2. The lowest BCUT2D eigenvalue weighted by Crippen LogP contribution is -2.46. The number of rotatable bonds is 4. The van der Waals surface area contributed by atoms with Crippen LogP contribution in [0.5, 0.6) is 0 Å². The first-order chi connectivity index (χ1) is 10.2. The van der Waals surface area contributed by atoms with Gasteiger partial charge in [0.1, 0.15) is 0 Å². The zero-order valence-corrected chi connectivity index (χ0v) is 14.2. The number of urea groups is 1. The molecule has 1 aromatic carbocycles. The third-order valence-electron chi connectivity index (χ3n) is 4.09. The number of aryl methyl sites for hydroxylation is 1. The minimum Gasteiger partial charge on any atom is -0.337 e. The summed E-state index contributed by atoms with van der Waals surface area (Å²) in [4.78, 5) is 11.9. The van der Waals surface area contributed by atoms with E-state index in [0.717, 1.165) is 5.56 Å². The Bertz CT molecular complexity index is 636. The fraction of sp³-hybridized carbons (Fsp3) is 0.562. The van der Waals surface area contributed by atoms with Gasteiger partial charge in [-0.25, -0.2) is 13.2 Å². The zero-order valence-electron chi connectivity index (χ0n) is 13.3.